The lowest BCUT2D eigenvalue weighted by Gasteiger charge is -2.11. The molecule has 0 unspecified atom stereocenters. The van der Waals surface area contributed by atoms with E-state index in [-0.39, 0.29) is 0 Å². The van der Waals surface area contributed by atoms with Crippen LogP contribution in [0.25, 0.3) is 66.0 Å². The maximum atomic E-state index is 5.08. The number of anilines is 2. The normalized spacial score (nSPS) is 11.6. The number of rotatable bonds is 19. The number of hydrogen-bond donors (Lipinski definition) is 2. The predicted molar refractivity (Wildman–Crippen MR) is 283 cm³/mol. The first-order valence-corrected chi connectivity index (χ1v) is 24.4. The molecule has 0 saturated heterocycles. The third kappa shape index (κ3) is 10.4. The van der Waals surface area contributed by atoms with Gasteiger partial charge < -0.3 is 19.8 Å². The first kappa shape index (κ1) is 44.7. The van der Waals surface area contributed by atoms with Gasteiger partial charge in [-0.25, -0.2) is 29.9 Å². The van der Waals surface area contributed by atoms with Crippen molar-refractivity contribution < 1.29 is 0 Å². The zero-order valence-electron chi connectivity index (χ0n) is 38.8. The minimum atomic E-state index is 0.650. The molecule has 10 aromatic rings. The molecule has 0 aliphatic rings. The van der Waals surface area contributed by atoms with Gasteiger partial charge in [-0.1, -0.05) is 121 Å². The highest BCUT2D eigenvalue weighted by atomic mass is 32.1. The van der Waals surface area contributed by atoms with Crippen LogP contribution >= 0.6 is 11.3 Å². The van der Waals surface area contributed by atoms with Gasteiger partial charge in [-0.05, 0) is 108 Å². The van der Waals surface area contributed by atoms with Gasteiger partial charge in [0, 0.05) is 50.0 Å². The van der Waals surface area contributed by atoms with Crippen molar-refractivity contribution in [3.05, 3.63) is 199 Å². The zero-order valence-corrected chi connectivity index (χ0v) is 39.6. The first-order chi connectivity index (χ1) is 34.1. The van der Waals surface area contributed by atoms with E-state index in [1.807, 2.05) is 41.7 Å². The maximum absolute atomic E-state index is 5.08. The summed E-state index contributed by atoms with van der Waals surface area (Å²) in [7, 11) is 3.94. The van der Waals surface area contributed by atoms with E-state index in [9.17, 15) is 0 Å². The third-order valence-corrected chi connectivity index (χ3v) is 13.3. The largest absolute Gasteiger partial charge is 0.368 e. The van der Waals surface area contributed by atoms with Crippen LogP contribution in [0.3, 0.4) is 0 Å². The van der Waals surface area contributed by atoms with Gasteiger partial charge in [0.25, 0.3) is 0 Å². The molecule has 0 aliphatic carbocycles. The van der Waals surface area contributed by atoms with Gasteiger partial charge in [0.1, 0.15) is 11.0 Å². The highest BCUT2D eigenvalue weighted by molar-refractivity contribution is 7.18. The Labute approximate surface area is 406 Å². The molecule has 0 radical (unpaired) electrons. The van der Waals surface area contributed by atoms with Crippen molar-refractivity contribution >= 4 is 56.4 Å². The molecule has 0 atom stereocenters. The van der Waals surface area contributed by atoms with E-state index < -0.39 is 0 Å². The molecule has 0 bridgehead atoms. The number of benzene rings is 4. The Morgan fingerprint density at radius 3 is 1.55 bits per heavy atom. The van der Waals surface area contributed by atoms with Gasteiger partial charge in [0.2, 0.25) is 0 Å². The summed E-state index contributed by atoms with van der Waals surface area (Å²) in [5.41, 5.74) is 12.6. The van der Waals surface area contributed by atoms with Crippen molar-refractivity contribution in [1.29, 1.82) is 0 Å². The van der Waals surface area contributed by atoms with E-state index in [0.29, 0.717) is 11.6 Å². The highest BCUT2D eigenvalue weighted by Gasteiger charge is 2.17. The molecule has 11 nitrogen and oxygen atoms in total. The molecule has 0 spiro atoms. The average Bonchev–Trinajstić information content (AvgIpc) is 4.16. The number of aryl methyl sites for hydroxylation is 2. The number of unbranched alkanes of at least 4 members (excludes halogenated alkanes) is 4. The lowest BCUT2D eigenvalue weighted by atomic mass is 9.95. The lowest BCUT2D eigenvalue weighted by molar-refractivity contribution is 0.777. The number of nitrogens with one attached hydrogen (secondary N) is 2. The van der Waals surface area contributed by atoms with Gasteiger partial charge in [0.05, 0.1) is 17.5 Å². The van der Waals surface area contributed by atoms with Crippen LogP contribution in [-0.4, -0.2) is 57.1 Å². The van der Waals surface area contributed by atoms with Crippen LogP contribution in [0.15, 0.2) is 177 Å². The monoisotopic (exact) mass is 923 g/mol. The van der Waals surface area contributed by atoms with Crippen LogP contribution < -0.4 is 10.6 Å². The molecule has 12 heteroatoms. The minimum Gasteiger partial charge on any atom is -0.368 e. The lowest BCUT2D eigenvalue weighted by Crippen LogP contribution is -2.06. The average molecular weight is 924 g/mol. The Balaban J connectivity index is 0.807. The summed E-state index contributed by atoms with van der Waals surface area (Å²) < 4.78 is 3.89. The summed E-state index contributed by atoms with van der Waals surface area (Å²) in [5, 5.41) is 7.19. The van der Waals surface area contributed by atoms with E-state index >= 15 is 0 Å². The molecule has 6 aromatic heterocycles. The van der Waals surface area contributed by atoms with E-state index in [4.69, 9.17) is 19.9 Å². The summed E-state index contributed by atoms with van der Waals surface area (Å²) in [6.07, 6.45) is 17.8. The van der Waals surface area contributed by atoms with Crippen LogP contribution in [0.1, 0.15) is 60.8 Å². The number of allylic oxidation sites excluding steroid dienone is 2. The molecule has 69 heavy (non-hydrogen) atoms. The minimum absolute atomic E-state index is 0.650. The Morgan fingerprint density at radius 2 is 0.986 bits per heavy atom. The van der Waals surface area contributed by atoms with Gasteiger partial charge in [-0.15, -0.1) is 11.3 Å². The Kier molecular flexibility index (Phi) is 13.8. The molecule has 0 amide bonds. The number of hydrogen-bond acceptors (Lipinski definition) is 10. The topological polar surface area (TPSA) is 124 Å². The van der Waals surface area contributed by atoms with Crippen molar-refractivity contribution in [2.75, 3.05) is 23.7 Å². The van der Waals surface area contributed by atoms with Crippen molar-refractivity contribution in [1.82, 2.24) is 44.0 Å². The summed E-state index contributed by atoms with van der Waals surface area (Å²) >= 11 is 1.71. The second-order valence-corrected chi connectivity index (χ2v) is 18.1. The fourth-order valence-electron chi connectivity index (χ4n) is 8.56. The van der Waals surface area contributed by atoms with Crippen molar-refractivity contribution in [3.8, 4) is 32.5 Å². The van der Waals surface area contributed by atoms with Gasteiger partial charge in [-0.2, -0.15) is 0 Å². The van der Waals surface area contributed by atoms with Gasteiger partial charge >= 0.3 is 0 Å². The molecule has 10 rings (SSSR count). The smallest absolute Gasteiger partial charge is 0.174 e. The fourth-order valence-corrected chi connectivity index (χ4v) is 9.49. The predicted octanol–water partition coefficient (Wildman–Crippen LogP) is 12.9. The molecule has 4 aromatic carbocycles. The molecule has 0 saturated carbocycles. The molecule has 0 aliphatic heterocycles. The van der Waals surface area contributed by atoms with E-state index in [0.717, 1.165) is 106 Å². The van der Waals surface area contributed by atoms with Crippen LogP contribution in [0.4, 0.5) is 11.6 Å². The van der Waals surface area contributed by atoms with E-state index in [2.05, 4.69) is 165 Å². The second kappa shape index (κ2) is 21.3. The summed E-state index contributed by atoms with van der Waals surface area (Å²) in [6.45, 7) is 1.55. The van der Waals surface area contributed by atoms with Crippen LogP contribution in [0, 0.1) is 0 Å². The quantitative estimate of drug-likeness (QED) is 0.0763. The number of imidazole rings is 2. The zero-order chi connectivity index (χ0) is 46.8. The maximum Gasteiger partial charge on any atom is 0.174 e. The van der Waals surface area contributed by atoms with E-state index in [1.165, 1.54) is 33.4 Å². The van der Waals surface area contributed by atoms with Gasteiger partial charge in [0.15, 0.2) is 34.6 Å². The molecular formula is C57H53N11S. The van der Waals surface area contributed by atoms with Crippen molar-refractivity contribution in [2.24, 2.45) is 14.1 Å². The number of pyridine rings is 1. The van der Waals surface area contributed by atoms with Crippen LogP contribution in [0.5, 0.6) is 0 Å². The Morgan fingerprint density at radius 1 is 0.493 bits per heavy atom. The molecule has 2 N–H and O–H groups in total. The standard InChI is InChI=1S/C57H53N11S/c1-67-38-61-50-54(63-52(65-56(50)67)43-31-35-58-36-32-43)59-33-17-7-15-28-47(42-23-12-5-13-24-42)44-25-18-26-45(37-44)48-29-30-49(69-48)53-64-55(51-57(66-53)68(2)39-62-51)60-34-16-6-14-27-46(40-19-8-3-9-20-40)41-21-10-4-11-22-41/h3-5,8-13,18-32,35-39H,6-7,14-17,33-34H2,1-2H3,(H,59,63,65)(H,60,64,66). The van der Waals surface area contributed by atoms with Crippen molar-refractivity contribution in [3.63, 3.8) is 0 Å². The van der Waals surface area contributed by atoms with Gasteiger partial charge in [-0.3, -0.25) is 4.98 Å². The van der Waals surface area contributed by atoms with Crippen molar-refractivity contribution in [2.45, 2.75) is 38.5 Å². The molecule has 0 fully saturated rings. The number of fused-ring (bicyclic) bond motifs is 2. The van der Waals surface area contributed by atoms with E-state index in [1.54, 1.807) is 30.1 Å². The first-order valence-electron chi connectivity index (χ1n) is 23.6. The SMILES string of the molecule is Cn1cnc2c(NCCCCC=C(c3ccccc3)c3cccc(-c4ccc(-c5nc(NCCCCC=C(c6ccccc6)c6ccccc6)c6ncn(C)c6n5)s4)c3)nc(-c3ccncc3)nc21. The second-order valence-electron chi connectivity index (χ2n) is 17.0. The highest BCUT2D eigenvalue weighted by Crippen LogP contribution is 2.37. The Bertz CT molecular complexity index is 3320. The van der Waals surface area contributed by atoms with Crippen LogP contribution in [-0.2, 0) is 14.1 Å². The number of nitrogens with zero attached hydrogens (tertiary/aromatic N) is 9. The third-order valence-electron chi connectivity index (χ3n) is 12.1. The summed E-state index contributed by atoms with van der Waals surface area (Å²) in [5.74, 6) is 2.85. The molecule has 6 heterocycles. The number of aromatic nitrogens is 9. The number of thiophene rings is 1. The summed E-state index contributed by atoms with van der Waals surface area (Å²) in [4.78, 5) is 35.4. The fraction of sp³-hybridized carbons (Fsp3) is 0.175. The Hall–Kier alpha value is -8.09. The molecule has 342 valence electrons. The molecular weight excluding hydrogens is 871 g/mol. The summed E-state index contributed by atoms with van der Waals surface area (Å²) in [6, 6.07) is 49.0. The van der Waals surface area contributed by atoms with Crippen LogP contribution in [0.2, 0.25) is 0 Å².